The lowest BCUT2D eigenvalue weighted by Gasteiger charge is -2.22. The van der Waals surface area contributed by atoms with Crippen LogP contribution < -0.4 is 16.0 Å². The third-order valence-electron chi connectivity index (χ3n) is 4.37. The van der Waals surface area contributed by atoms with E-state index < -0.39 is 6.04 Å². The summed E-state index contributed by atoms with van der Waals surface area (Å²) in [5, 5.41) is 8.34. The second-order valence-electron chi connectivity index (χ2n) is 6.92. The van der Waals surface area contributed by atoms with Gasteiger partial charge < -0.3 is 16.0 Å². The molecule has 1 unspecified atom stereocenters. The van der Waals surface area contributed by atoms with E-state index in [1.54, 1.807) is 36.4 Å². The van der Waals surface area contributed by atoms with Crippen LogP contribution in [0.5, 0.6) is 0 Å². The molecule has 0 aliphatic carbocycles. The van der Waals surface area contributed by atoms with Gasteiger partial charge >= 0.3 is 0 Å². The zero-order valence-corrected chi connectivity index (χ0v) is 16.5. The van der Waals surface area contributed by atoms with Gasteiger partial charge in [0, 0.05) is 24.2 Å². The van der Waals surface area contributed by atoms with Crippen molar-refractivity contribution in [3.05, 3.63) is 71.3 Å². The first-order valence-corrected chi connectivity index (χ1v) is 9.37. The summed E-state index contributed by atoms with van der Waals surface area (Å²) in [5.74, 6) is -0.815. The first kappa shape index (κ1) is 21.2. The highest BCUT2D eigenvalue weighted by Crippen LogP contribution is 2.09. The molecule has 0 heterocycles. The quantitative estimate of drug-likeness (QED) is 0.613. The molecule has 148 valence electrons. The minimum atomic E-state index is -0.656. The van der Waals surface area contributed by atoms with E-state index in [1.807, 2.05) is 39.0 Å². The Morgan fingerprint density at radius 1 is 0.821 bits per heavy atom. The number of aryl methyl sites for hydroxylation is 1. The molecule has 6 nitrogen and oxygen atoms in total. The minimum absolute atomic E-state index is 0.0770. The van der Waals surface area contributed by atoms with Gasteiger partial charge in [-0.3, -0.25) is 14.4 Å². The summed E-state index contributed by atoms with van der Waals surface area (Å²) in [7, 11) is 0. The summed E-state index contributed by atoms with van der Waals surface area (Å²) in [6.45, 7) is 6.19. The van der Waals surface area contributed by atoms with E-state index >= 15 is 0 Å². The Morgan fingerprint density at radius 2 is 1.43 bits per heavy atom. The van der Waals surface area contributed by atoms with Crippen LogP contribution in [0.3, 0.4) is 0 Å². The zero-order valence-electron chi connectivity index (χ0n) is 16.5. The van der Waals surface area contributed by atoms with Crippen molar-refractivity contribution in [2.75, 3.05) is 13.1 Å². The van der Waals surface area contributed by atoms with Crippen LogP contribution in [0.15, 0.2) is 54.6 Å². The molecule has 0 aromatic heterocycles. The number of nitrogens with one attached hydrogen (secondary N) is 3. The highest BCUT2D eigenvalue weighted by atomic mass is 16.2. The summed E-state index contributed by atoms with van der Waals surface area (Å²) in [6, 6.07) is 15.5. The van der Waals surface area contributed by atoms with Crippen molar-refractivity contribution >= 4 is 17.7 Å². The summed E-state index contributed by atoms with van der Waals surface area (Å²) >= 11 is 0. The lowest BCUT2D eigenvalue weighted by atomic mass is 10.0. The molecule has 0 spiro atoms. The number of carbonyl (C=O) groups is 3. The molecule has 28 heavy (non-hydrogen) atoms. The van der Waals surface area contributed by atoms with Crippen molar-refractivity contribution in [1.82, 2.24) is 16.0 Å². The van der Waals surface area contributed by atoms with Gasteiger partial charge in [-0.25, -0.2) is 0 Å². The molecule has 0 radical (unpaired) electrons. The van der Waals surface area contributed by atoms with Crippen molar-refractivity contribution in [2.45, 2.75) is 26.8 Å². The van der Waals surface area contributed by atoms with E-state index in [0.29, 0.717) is 17.7 Å². The first-order valence-electron chi connectivity index (χ1n) is 9.37. The molecular weight excluding hydrogens is 354 g/mol. The monoisotopic (exact) mass is 381 g/mol. The highest BCUT2D eigenvalue weighted by molar-refractivity contribution is 5.98. The molecule has 3 amide bonds. The second kappa shape index (κ2) is 10.3. The van der Waals surface area contributed by atoms with Gasteiger partial charge in [-0.1, -0.05) is 50.2 Å². The number of hydrogen-bond donors (Lipinski definition) is 3. The van der Waals surface area contributed by atoms with Gasteiger partial charge in [-0.2, -0.15) is 0 Å². The normalized spacial score (nSPS) is 11.6. The van der Waals surface area contributed by atoms with Crippen LogP contribution in [-0.4, -0.2) is 36.9 Å². The Labute approximate surface area is 165 Å². The highest BCUT2D eigenvalue weighted by Gasteiger charge is 2.24. The molecule has 0 bridgehead atoms. The topological polar surface area (TPSA) is 87.3 Å². The first-order chi connectivity index (χ1) is 13.4. The number of hydrogen-bond acceptors (Lipinski definition) is 3. The van der Waals surface area contributed by atoms with Crippen LogP contribution in [0.25, 0.3) is 0 Å². The zero-order chi connectivity index (χ0) is 20.5. The fraction of sp³-hybridized carbons (Fsp3) is 0.318. The van der Waals surface area contributed by atoms with Crippen molar-refractivity contribution in [1.29, 1.82) is 0 Å². The Morgan fingerprint density at radius 3 is 2.07 bits per heavy atom. The predicted molar refractivity (Wildman–Crippen MR) is 109 cm³/mol. The largest absolute Gasteiger partial charge is 0.353 e. The van der Waals surface area contributed by atoms with Crippen LogP contribution in [0, 0.1) is 12.8 Å². The van der Waals surface area contributed by atoms with Crippen molar-refractivity contribution in [2.24, 2.45) is 5.92 Å². The van der Waals surface area contributed by atoms with Crippen LogP contribution in [0.1, 0.15) is 40.1 Å². The Balaban J connectivity index is 1.85. The number of rotatable bonds is 8. The van der Waals surface area contributed by atoms with Crippen LogP contribution in [0.4, 0.5) is 0 Å². The van der Waals surface area contributed by atoms with Gasteiger partial charge in [-0.15, -0.1) is 0 Å². The second-order valence-corrected chi connectivity index (χ2v) is 6.92. The summed E-state index contributed by atoms with van der Waals surface area (Å²) in [4.78, 5) is 37.0. The van der Waals surface area contributed by atoms with E-state index in [4.69, 9.17) is 0 Å². The molecular formula is C22H27N3O3. The molecule has 2 rings (SSSR count). The molecule has 3 N–H and O–H groups in total. The lowest BCUT2D eigenvalue weighted by Crippen LogP contribution is -2.51. The third kappa shape index (κ3) is 5.94. The molecule has 1 atom stereocenters. The molecule has 2 aromatic carbocycles. The van der Waals surface area contributed by atoms with Crippen molar-refractivity contribution < 1.29 is 14.4 Å². The maximum absolute atomic E-state index is 12.5. The minimum Gasteiger partial charge on any atom is -0.353 e. The number of carbonyl (C=O) groups excluding carboxylic acids is 3. The van der Waals surface area contributed by atoms with E-state index in [1.165, 1.54) is 0 Å². The maximum atomic E-state index is 12.5. The Kier molecular flexibility index (Phi) is 7.75. The summed E-state index contributed by atoms with van der Waals surface area (Å²) in [6.07, 6.45) is 0. The van der Waals surface area contributed by atoms with Gasteiger partial charge in [0.15, 0.2) is 0 Å². The van der Waals surface area contributed by atoms with Gasteiger partial charge in [0.1, 0.15) is 6.04 Å². The molecule has 0 aliphatic heterocycles. The van der Waals surface area contributed by atoms with E-state index in [0.717, 1.165) is 5.56 Å². The van der Waals surface area contributed by atoms with Gasteiger partial charge in [-0.05, 0) is 36.6 Å². The molecule has 6 heteroatoms. The van der Waals surface area contributed by atoms with Crippen LogP contribution >= 0.6 is 0 Å². The molecule has 0 fully saturated rings. The standard InChI is InChI=1S/C22H27N3O3/c1-15(2)19(25-21(27)18-12-8-7-9-16(18)3)22(28)24-14-13-23-20(26)17-10-5-4-6-11-17/h4-12,15,19H,13-14H2,1-3H3,(H,23,26)(H,24,28)(H,25,27). The smallest absolute Gasteiger partial charge is 0.252 e. The van der Waals surface area contributed by atoms with Gasteiger partial charge in [0.2, 0.25) is 5.91 Å². The van der Waals surface area contributed by atoms with Gasteiger partial charge in [0.25, 0.3) is 11.8 Å². The number of benzene rings is 2. The predicted octanol–water partition coefficient (Wildman–Crippen LogP) is 2.30. The van der Waals surface area contributed by atoms with Gasteiger partial charge in [0.05, 0.1) is 0 Å². The lowest BCUT2D eigenvalue weighted by molar-refractivity contribution is -0.123. The summed E-state index contributed by atoms with van der Waals surface area (Å²) < 4.78 is 0. The molecule has 2 aromatic rings. The summed E-state index contributed by atoms with van der Waals surface area (Å²) in [5.41, 5.74) is 1.97. The Bertz CT molecular complexity index is 819. The van der Waals surface area contributed by atoms with E-state index in [-0.39, 0.29) is 30.2 Å². The average molecular weight is 381 g/mol. The Hall–Kier alpha value is -3.15. The molecule has 0 saturated heterocycles. The van der Waals surface area contributed by atoms with Crippen LogP contribution in [-0.2, 0) is 4.79 Å². The third-order valence-corrected chi connectivity index (χ3v) is 4.37. The van der Waals surface area contributed by atoms with Crippen LogP contribution in [0.2, 0.25) is 0 Å². The molecule has 0 aliphatic rings. The fourth-order valence-electron chi connectivity index (χ4n) is 2.74. The SMILES string of the molecule is Cc1ccccc1C(=O)NC(C(=O)NCCNC(=O)c1ccccc1)C(C)C. The maximum Gasteiger partial charge on any atom is 0.252 e. The molecule has 0 saturated carbocycles. The number of amides is 3. The van der Waals surface area contributed by atoms with E-state index in [2.05, 4.69) is 16.0 Å². The fourth-order valence-corrected chi connectivity index (χ4v) is 2.74. The van der Waals surface area contributed by atoms with Crippen molar-refractivity contribution in [3.63, 3.8) is 0 Å². The van der Waals surface area contributed by atoms with E-state index in [9.17, 15) is 14.4 Å². The van der Waals surface area contributed by atoms with Crippen molar-refractivity contribution in [3.8, 4) is 0 Å². The average Bonchev–Trinajstić information content (AvgIpc) is 2.69.